The molecule has 0 bridgehead atoms. The van der Waals surface area contributed by atoms with Crippen LogP contribution in [0.25, 0.3) is 10.6 Å². The Morgan fingerprint density at radius 2 is 1.96 bits per heavy atom. The largest absolute Gasteiger partial charge is 0.494 e. The number of aromatic nitrogens is 2. The van der Waals surface area contributed by atoms with Gasteiger partial charge in [0.2, 0.25) is 5.78 Å². The van der Waals surface area contributed by atoms with Crippen molar-refractivity contribution in [2.45, 2.75) is 26.4 Å². The maximum Gasteiger partial charge on any atom is 0.312 e. The summed E-state index contributed by atoms with van der Waals surface area (Å²) in [5, 5.41) is 2.59. The SMILES string of the molecule is CCOc1ccc(C(=O)[C@H](C)OC(=O)Cc2csc(-c3cccnc3)n2)cc1. The minimum atomic E-state index is -0.873. The topological polar surface area (TPSA) is 78.4 Å². The van der Waals surface area contributed by atoms with Crippen LogP contribution in [-0.2, 0) is 16.0 Å². The number of hydrogen-bond acceptors (Lipinski definition) is 7. The Morgan fingerprint density at radius 1 is 1.18 bits per heavy atom. The number of rotatable bonds is 8. The van der Waals surface area contributed by atoms with Gasteiger partial charge in [0.1, 0.15) is 10.8 Å². The first kappa shape index (κ1) is 19.7. The number of carbonyl (C=O) groups is 2. The third-order valence-electron chi connectivity index (χ3n) is 3.91. The van der Waals surface area contributed by atoms with Gasteiger partial charge in [-0.15, -0.1) is 11.3 Å². The van der Waals surface area contributed by atoms with Crippen molar-refractivity contribution in [2.24, 2.45) is 0 Å². The molecule has 0 spiro atoms. The molecule has 0 radical (unpaired) electrons. The van der Waals surface area contributed by atoms with E-state index in [-0.39, 0.29) is 12.2 Å². The van der Waals surface area contributed by atoms with Crippen molar-refractivity contribution in [3.63, 3.8) is 0 Å². The monoisotopic (exact) mass is 396 g/mol. The number of pyridine rings is 1. The fourth-order valence-electron chi connectivity index (χ4n) is 2.57. The van der Waals surface area contributed by atoms with Crippen molar-refractivity contribution >= 4 is 23.1 Å². The van der Waals surface area contributed by atoms with E-state index in [9.17, 15) is 9.59 Å². The molecule has 144 valence electrons. The van der Waals surface area contributed by atoms with E-state index in [1.54, 1.807) is 43.6 Å². The van der Waals surface area contributed by atoms with Gasteiger partial charge in [0.15, 0.2) is 6.10 Å². The molecule has 0 aliphatic carbocycles. The zero-order chi connectivity index (χ0) is 19.9. The number of thiazole rings is 1. The van der Waals surface area contributed by atoms with Crippen molar-refractivity contribution in [3.8, 4) is 16.3 Å². The molecule has 0 unspecified atom stereocenters. The number of carbonyl (C=O) groups excluding carboxylic acids is 2. The highest BCUT2D eigenvalue weighted by Crippen LogP contribution is 2.23. The van der Waals surface area contributed by atoms with Gasteiger partial charge in [-0.25, -0.2) is 4.98 Å². The normalized spacial score (nSPS) is 11.6. The lowest BCUT2D eigenvalue weighted by molar-refractivity contribution is -0.145. The highest BCUT2D eigenvalue weighted by atomic mass is 32.1. The maximum absolute atomic E-state index is 12.5. The number of benzene rings is 1. The lowest BCUT2D eigenvalue weighted by Gasteiger charge is -2.12. The fourth-order valence-corrected chi connectivity index (χ4v) is 3.38. The molecule has 7 heteroatoms. The quantitative estimate of drug-likeness (QED) is 0.424. The van der Waals surface area contributed by atoms with Crippen molar-refractivity contribution in [2.75, 3.05) is 6.61 Å². The lowest BCUT2D eigenvalue weighted by Crippen LogP contribution is -2.25. The summed E-state index contributed by atoms with van der Waals surface area (Å²) >= 11 is 1.43. The van der Waals surface area contributed by atoms with Crippen LogP contribution >= 0.6 is 11.3 Å². The van der Waals surface area contributed by atoms with E-state index in [1.807, 2.05) is 24.4 Å². The van der Waals surface area contributed by atoms with Crippen LogP contribution in [-0.4, -0.2) is 34.4 Å². The summed E-state index contributed by atoms with van der Waals surface area (Å²) in [7, 11) is 0. The second-order valence-electron chi connectivity index (χ2n) is 6.02. The molecule has 1 aromatic carbocycles. The number of ether oxygens (including phenoxy) is 2. The van der Waals surface area contributed by atoms with Crippen LogP contribution in [0.4, 0.5) is 0 Å². The second kappa shape index (κ2) is 9.23. The van der Waals surface area contributed by atoms with Crippen LogP contribution in [0.3, 0.4) is 0 Å². The molecule has 1 atom stereocenters. The molecule has 2 heterocycles. The highest BCUT2D eigenvalue weighted by molar-refractivity contribution is 7.13. The van der Waals surface area contributed by atoms with Gasteiger partial charge in [0.25, 0.3) is 0 Å². The minimum absolute atomic E-state index is 0.0116. The number of nitrogens with zero attached hydrogens (tertiary/aromatic N) is 2. The van der Waals surface area contributed by atoms with E-state index < -0.39 is 12.1 Å². The average molecular weight is 396 g/mol. The van der Waals surface area contributed by atoms with Crippen LogP contribution in [0, 0.1) is 0 Å². The summed E-state index contributed by atoms with van der Waals surface area (Å²) in [6, 6.07) is 10.5. The fraction of sp³-hybridized carbons (Fsp3) is 0.238. The lowest BCUT2D eigenvalue weighted by atomic mass is 10.1. The van der Waals surface area contributed by atoms with E-state index in [0.29, 0.717) is 23.6 Å². The molecule has 3 aromatic rings. The Morgan fingerprint density at radius 3 is 2.64 bits per heavy atom. The molecular formula is C21H20N2O4S. The van der Waals surface area contributed by atoms with Gasteiger partial charge < -0.3 is 9.47 Å². The zero-order valence-corrected chi connectivity index (χ0v) is 16.4. The van der Waals surface area contributed by atoms with E-state index >= 15 is 0 Å². The Labute approximate surface area is 167 Å². The number of Topliss-reactive ketones (excluding diaryl/α,β-unsaturated/α-hetero) is 1. The molecule has 28 heavy (non-hydrogen) atoms. The third-order valence-corrected chi connectivity index (χ3v) is 4.85. The molecular weight excluding hydrogens is 376 g/mol. The molecule has 0 saturated heterocycles. The molecule has 3 rings (SSSR count). The zero-order valence-electron chi connectivity index (χ0n) is 15.6. The molecule has 2 aromatic heterocycles. The first-order chi connectivity index (χ1) is 13.6. The van der Waals surface area contributed by atoms with Crippen LogP contribution in [0.1, 0.15) is 29.9 Å². The van der Waals surface area contributed by atoms with Crippen LogP contribution in [0.2, 0.25) is 0 Å². The van der Waals surface area contributed by atoms with Crippen molar-refractivity contribution in [1.29, 1.82) is 0 Å². The summed E-state index contributed by atoms with van der Waals surface area (Å²) in [6.45, 7) is 4.02. The van der Waals surface area contributed by atoms with E-state index in [1.165, 1.54) is 11.3 Å². The van der Waals surface area contributed by atoms with E-state index in [4.69, 9.17) is 9.47 Å². The Kier molecular flexibility index (Phi) is 6.49. The second-order valence-corrected chi connectivity index (χ2v) is 6.87. The van der Waals surface area contributed by atoms with Crippen molar-refractivity contribution in [1.82, 2.24) is 9.97 Å². The summed E-state index contributed by atoms with van der Waals surface area (Å²) in [5.41, 5.74) is 1.97. The molecule has 6 nitrogen and oxygen atoms in total. The van der Waals surface area contributed by atoms with Gasteiger partial charge in [-0.1, -0.05) is 0 Å². The molecule has 0 aliphatic rings. The Hall–Kier alpha value is -3.06. The van der Waals surface area contributed by atoms with Gasteiger partial charge in [-0.2, -0.15) is 0 Å². The summed E-state index contributed by atoms with van der Waals surface area (Å²) in [4.78, 5) is 33.2. The molecule has 0 N–H and O–H groups in total. The molecule has 0 aliphatic heterocycles. The van der Waals surface area contributed by atoms with Gasteiger partial charge in [-0.3, -0.25) is 14.6 Å². The van der Waals surface area contributed by atoms with Crippen LogP contribution in [0.15, 0.2) is 54.2 Å². The van der Waals surface area contributed by atoms with Gasteiger partial charge in [0.05, 0.1) is 18.7 Å². The standard InChI is InChI=1S/C21H20N2O4S/c1-3-26-18-8-6-15(7-9-18)20(25)14(2)27-19(24)11-17-13-28-21(23-17)16-5-4-10-22-12-16/h4-10,12-14H,3,11H2,1-2H3/t14-/m0/s1. The molecule has 0 saturated carbocycles. The van der Waals surface area contributed by atoms with Crippen LogP contribution < -0.4 is 4.74 Å². The molecule has 0 fully saturated rings. The predicted molar refractivity (Wildman–Crippen MR) is 107 cm³/mol. The smallest absolute Gasteiger partial charge is 0.312 e. The van der Waals surface area contributed by atoms with Crippen molar-refractivity contribution in [3.05, 3.63) is 65.4 Å². The summed E-state index contributed by atoms with van der Waals surface area (Å²) < 4.78 is 10.7. The highest BCUT2D eigenvalue weighted by Gasteiger charge is 2.20. The maximum atomic E-state index is 12.5. The van der Waals surface area contributed by atoms with Crippen molar-refractivity contribution < 1.29 is 19.1 Å². The Balaban J connectivity index is 1.57. The van der Waals surface area contributed by atoms with Gasteiger partial charge in [-0.05, 0) is 50.2 Å². The Bertz CT molecular complexity index is 939. The van der Waals surface area contributed by atoms with Crippen LogP contribution in [0.5, 0.6) is 5.75 Å². The predicted octanol–water partition coefficient (Wildman–Crippen LogP) is 3.96. The third kappa shape index (κ3) is 5.01. The summed E-state index contributed by atoms with van der Waals surface area (Å²) in [6.07, 6.45) is 2.55. The minimum Gasteiger partial charge on any atom is -0.494 e. The first-order valence-corrected chi connectivity index (χ1v) is 9.76. The van der Waals surface area contributed by atoms with Gasteiger partial charge >= 0.3 is 5.97 Å². The first-order valence-electron chi connectivity index (χ1n) is 8.88. The average Bonchev–Trinajstić information content (AvgIpc) is 3.17. The van der Waals surface area contributed by atoms with Gasteiger partial charge in [0, 0.05) is 28.9 Å². The van der Waals surface area contributed by atoms with E-state index in [2.05, 4.69) is 9.97 Å². The number of esters is 1. The number of hydrogen-bond donors (Lipinski definition) is 0. The number of ketones is 1. The van der Waals surface area contributed by atoms with E-state index in [0.717, 1.165) is 10.6 Å². The molecule has 0 amide bonds. The summed E-state index contributed by atoms with van der Waals surface area (Å²) in [5.74, 6) is -0.0581.